The van der Waals surface area contributed by atoms with Crippen LogP contribution in [-0.2, 0) is 4.52 Å². The third-order valence-electron chi connectivity index (χ3n) is 3.42. The maximum Gasteiger partial charge on any atom is 0.327 e. The summed E-state index contributed by atoms with van der Waals surface area (Å²) in [6.45, 7) is 6.38. The Labute approximate surface area is 114 Å². The van der Waals surface area contributed by atoms with Crippen molar-refractivity contribution in [3.05, 3.63) is 0 Å². The highest BCUT2D eigenvalue weighted by Crippen LogP contribution is 2.38. The lowest BCUT2D eigenvalue weighted by atomic mass is 9.92. The molecule has 0 radical (unpaired) electrons. The van der Waals surface area contributed by atoms with Crippen LogP contribution in [0.3, 0.4) is 0 Å². The van der Waals surface area contributed by atoms with Gasteiger partial charge in [0.05, 0.1) is 5.60 Å². The fourth-order valence-corrected chi connectivity index (χ4v) is 2.82. The van der Waals surface area contributed by atoms with Crippen molar-refractivity contribution in [1.82, 2.24) is 0 Å². The van der Waals surface area contributed by atoms with Crippen LogP contribution in [0.25, 0.3) is 0 Å². The highest BCUT2D eigenvalue weighted by Gasteiger charge is 2.27. The van der Waals surface area contributed by atoms with Crippen LogP contribution in [0.4, 0.5) is 0 Å². The summed E-state index contributed by atoms with van der Waals surface area (Å²) in [6, 6.07) is 0. The van der Waals surface area contributed by atoms with Crippen LogP contribution in [-0.4, -0.2) is 15.4 Å². The summed E-state index contributed by atoms with van der Waals surface area (Å²) >= 11 is 0. The monoisotopic (exact) mass is 278 g/mol. The molecular weight excluding hydrogens is 247 g/mol. The van der Waals surface area contributed by atoms with Crippen LogP contribution < -0.4 is 0 Å². The Morgan fingerprint density at radius 1 is 0.833 bits per heavy atom. The maximum atomic E-state index is 9.06. The quantitative estimate of drug-likeness (QED) is 0.394. The second kappa shape index (κ2) is 11.2. The van der Waals surface area contributed by atoms with Gasteiger partial charge in [-0.1, -0.05) is 65.2 Å². The molecule has 18 heavy (non-hydrogen) atoms. The van der Waals surface area contributed by atoms with Crippen molar-refractivity contribution in [2.24, 2.45) is 0 Å². The second-order valence-corrected chi connectivity index (χ2v) is 6.10. The van der Waals surface area contributed by atoms with Gasteiger partial charge in [0, 0.05) is 0 Å². The zero-order chi connectivity index (χ0) is 13.9. The smallest absolute Gasteiger partial charge is 0.327 e. The summed E-state index contributed by atoms with van der Waals surface area (Å²) in [7, 11) is -2.24. The molecule has 0 heterocycles. The molecule has 0 rings (SSSR count). The van der Waals surface area contributed by atoms with Crippen molar-refractivity contribution in [3.8, 4) is 0 Å². The molecule has 0 aromatic heterocycles. The number of hydrogen-bond acceptors (Lipinski definition) is 3. The van der Waals surface area contributed by atoms with Crippen LogP contribution in [0.2, 0.25) is 0 Å². The van der Waals surface area contributed by atoms with Gasteiger partial charge in [-0.25, -0.2) is 0 Å². The van der Waals surface area contributed by atoms with Gasteiger partial charge in [0.1, 0.15) is 0 Å². The van der Waals surface area contributed by atoms with E-state index in [4.69, 9.17) is 14.3 Å². The van der Waals surface area contributed by atoms with E-state index in [0.717, 1.165) is 32.1 Å². The molecule has 0 amide bonds. The molecule has 0 saturated heterocycles. The lowest BCUT2D eigenvalue weighted by Gasteiger charge is -2.29. The largest absolute Gasteiger partial charge is 0.328 e. The molecule has 0 saturated carbocycles. The zero-order valence-electron chi connectivity index (χ0n) is 12.3. The highest BCUT2D eigenvalue weighted by molar-refractivity contribution is 7.39. The van der Waals surface area contributed by atoms with E-state index in [0.29, 0.717) is 0 Å². The third-order valence-corrected chi connectivity index (χ3v) is 4.02. The van der Waals surface area contributed by atoms with Gasteiger partial charge in [0.2, 0.25) is 0 Å². The molecule has 2 N–H and O–H groups in total. The summed E-state index contributed by atoms with van der Waals surface area (Å²) in [5.41, 5.74) is -0.351. The maximum absolute atomic E-state index is 9.06. The van der Waals surface area contributed by atoms with E-state index >= 15 is 0 Å². The molecule has 0 bridgehead atoms. The molecule has 3 nitrogen and oxygen atoms in total. The Balaban J connectivity index is 3.85. The summed E-state index contributed by atoms with van der Waals surface area (Å²) in [6.07, 6.45) is 11.6. The van der Waals surface area contributed by atoms with Crippen LogP contribution >= 0.6 is 8.60 Å². The molecule has 110 valence electrons. The van der Waals surface area contributed by atoms with Gasteiger partial charge in [-0.05, 0) is 19.8 Å². The van der Waals surface area contributed by atoms with E-state index in [1.165, 1.54) is 32.1 Å². The second-order valence-electron chi connectivity index (χ2n) is 5.42. The molecule has 1 atom stereocenters. The Bertz CT molecular complexity index is 188. The van der Waals surface area contributed by atoms with Gasteiger partial charge in [-0.2, -0.15) is 0 Å². The van der Waals surface area contributed by atoms with Gasteiger partial charge in [0.15, 0.2) is 0 Å². The molecule has 0 aromatic rings. The topological polar surface area (TPSA) is 49.7 Å². The molecule has 0 aromatic carbocycles. The van der Waals surface area contributed by atoms with E-state index in [2.05, 4.69) is 13.8 Å². The molecule has 1 unspecified atom stereocenters. The lowest BCUT2D eigenvalue weighted by molar-refractivity contribution is 0.0505. The van der Waals surface area contributed by atoms with Crippen LogP contribution in [0, 0.1) is 0 Å². The Morgan fingerprint density at radius 2 is 1.33 bits per heavy atom. The molecule has 0 fully saturated rings. The lowest BCUT2D eigenvalue weighted by Crippen LogP contribution is -2.26. The molecular formula is C14H31O3P. The number of unbranched alkanes of at least 4 members (excludes halogenated alkanes) is 6. The molecule has 4 heteroatoms. The highest BCUT2D eigenvalue weighted by atomic mass is 31.2. The first-order chi connectivity index (χ1) is 8.54. The first-order valence-corrected chi connectivity index (χ1v) is 8.57. The molecule has 0 aliphatic heterocycles. The van der Waals surface area contributed by atoms with Crippen LogP contribution in [0.5, 0.6) is 0 Å². The Kier molecular flexibility index (Phi) is 11.4. The SMILES string of the molecule is CCCCCCCCC(C)(CCCC)OP(O)O. The van der Waals surface area contributed by atoms with Gasteiger partial charge in [-0.15, -0.1) is 0 Å². The minimum atomic E-state index is -2.24. The van der Waals surface area contributed by atoms with E-state index < -0.39 is 8.60 Å². The van der Waals surface area contributed by atoms with Crippen molar-refractivity contribution in [2.45, 2.75) is 90.6 Å². The first kappa shape index (κ1) is 18.3. The zero-order valence-corrected chi connectivity index (χ0v) is 13.2. The fraction of sp³-hybridized carbons (Fsp3) is 1.00. The standard InChI is InChI=1S/C14H31O3P/c1-4-6-8-9-10-11-13-14(3,12-7-5-2)17-18(15)16/h15-16H,4-13H2,1-3H3. The average Bonchev–Trinajstić information content (AvgIpc) is 2.30. The summed E-state index contributed by atoms with van der Waals surface area (Å²) in [5, 5.41) is 0. The van der Waals surface area contributed by atoms with Crippen molar-refractivity contribution >= 4 is 8.60 Å². The molecule has 0 aliphatic rings. The minimum absolute atomic E-state index is 0.351. The van der Waals surface area contributed by atoms with Crippen molar-refractivity contribution in [3.63, 3.8) is 0 Å². The van der Waals surface area contributed by atoms with E-state index in [1.807, 2.05) is 6.92 Å². The predicted molar refractivity (Wildman–Crippen MR) is 78.4 cm³/mol. The fourth-order valence-electron chi connectivity index (χ4n) is 2.24. The molecule has 0 spiro atoms. The predicted octanol–water partition coefficient (Wildman–Crippen LogP) is 4.91. The average molecular weight is 278 g/mol. The summed E-state index contributed by atoms with van der Waals surface area (Å²) in [4.78, 5) is 18.1. The van der Waals surface area contributed by atoms with E-state index in [1.54, 1.807) is 0 Å². The number of rotatable bonds is 12. The van der Waals surface area contributed by atoms with Gasteiger partial charge >= 0.3 is 8.60 Å². The van der Waals surface area contributed by atoms with Crippen molar-refractivity contribution in [2.75, 3.05) is 0 Å². The minimum Gasteiger partial charge on any atom is -0.328 e. The van der Waals surface area contributed by atoms with Gasteiger partial charge in [-0.3, -0.25) is 0 Å². The van der Waals surface area contributed by atoms with E-state index in [9.17, 15) is 0 Å². The van der Waals surface area contributed by atoms with Gasteiger partial charge < -0.3 is 14.3 Å². The first-order valence-electron chi connectivity index (χ1n) is 7.41. The molecule has 0 aliphatic carbocycles. The summed E-state index contributed by atoms with van der Waals surface area (Å²) in [5.74, 6) is 0. The number of hydrogen-bond donors (Lipinski definition) is 2. The van der Waals surface area contributed by atoms with E-state index in [-0.39, 0.29) is 5.60 Å². The van der Waals surface area contributed by atoms with Crippen LogP contribution in [0.15, 0.2) is 0 Å². The van der Waals surface area contributed by atoms with Crippen molar-refractivity contribution in [1.29, 1.82) is 0 Å². The van der Waals surface area contributed by atoms with Crippen LogP contribution in [0.1, 0.15) is 85.0 Å². The third kappa shape index (κ3) is 10.3. The normalized spacial score (nSPS) is 15.0. The van der Waals surface area contributed by atoms with Crippen molar-refractivity contribution < 1.29 is 14.3 Å². The summed E-state index contributed by atoms with van der Waals surface area (Å²) < 4.78 is 5.34. The Morgan fingerprint density at radius 3 is 1.89 bits per heavy atom. The Hall–Kier alpha value is 0.310. The van der Waals surface area contributed by atoms with Gasteiger partial charge in [0.25, 0.3) is 0 Å².